The average Bonchev–Trinajstić information content (AvgIpc) is 3.15. The molecule has 0 saturated heterocycles. The first kappa shape index (κ1) is 15.6. The molecule has 0 unspecified atom stereocenters. The summed E-state index contributed by atoms with van der Waals surface area (Å²) in [5.41, 5.74) is 1.23. The molecule has 4 atom stereocenters. The van der Waals surface area contributed by atoms with Gasteiger partial charge < -0.3 is 14.8 Å². The molecule has 2 N–H and O–H groups in total. The van der Waals surface area contributed by atoms with E-state index in [1.165, 1.54) is 6.07 Å². The third-order valence-corrected chi connectivity index (χ3v) is 5.27. The minimum absolute atomic E-state index is 0.0354. The molecule has 2 aliphatic rings. The Morgan fingerprint density at radius 3 is 2.60 bits per heavy atom. The fourth-order valence-electron chi connectivity index (χ4n) is 4.14. The molecule has 6 nitrogen and oxygen atoms in total. The van der Waals surface area contributed by atoms with Crippen LogP contribution in [-0.2, 0) is 9.59 Å². The van der Waals surface area contributed by atoms with E-state index < -0.39 is 23.4 Å². The van der Waals surface area contributed by atoms with Crippen molar-refractivity contribution < 1.29 is 19.1 Å². The first-order valence-corrected chi connectivity index (χ1v) is 8.20. The second kappa shape index (κ2) is 5.58. The van der Waals surface area contributed by atoms with Gasteiger partial charge in [-0.25, -0.2) is 4.79 Å². The number of fused-ring (bicyclic) bond motifs is 3. The van der Waals surface area contributed by atoms with Gasteiger partial charge in [0.25, 0.3) is 0 Å². The van der Waals surface area contributed by atoms with E-state index in [0.717, 1.165) is 10.9 Å². The predicted molar refractivity (Wildman–Crippen MR) is 91.2 cm³/mol. The molecule has 2 aromatic rings. The number of carbonyl (C=O) groups is 2. The fraction of sp³-hybridized carbons (Fsp3) is 0.316. The molecule has 128 valence electrons. The van der Waals surface area contributed by atoms with E-state index in [-0.39, 0.29) is 17.7 Å². The molecule has 0 aliphatic heterocycles. The van der Waals surface area contributed by atoms with E-state index in [0.29, 0.717) is 17.7 Å². The quantitative estimate of drug-likeness (QED) is 0.662. The van der Waals surface area contributed by atoms with Crippen LogP contribution in [0.3, 0.4) is 0 Å². The average molecular weight is 339 g/mol. The second-order valence-corrected chi connectivity index (χ2v) is 6.79. The third kappa shape index (κ3) is 2.54. The highest BCUT2D eigenvalue weighted by molar-refractivity contribution is 5.97. The maximum absolute atomic E-state index is 12.7. The normalized spacial score (nSPS) is 26.9. The number of amides is 1. The van der Waals surface area contributed by atoms with Crippen LogP contribution in [0.2, 0.25) is 0 Å². The van der Waals surface area contributed by atoms with Crippen molar-refractivity contribution in [1.29, 1.82) is 0 Å². The van der Waals surface area contributed by atoms with E-state index in [1.807, 2.05) is 19.1 Å². The van der Waals surface area contributed by atoms with Crippen molar-refractivity contribution >= 4 is 28.5 Å². The number of benzene rings is 1. The van der Waals surface area contributed by atoms with Gasteiger partial charge in [-0.1, -0.05) is 12.2 Å². The minimum Gasteiger partial charge on any atom is -0.481 e. The number of carboxylic acid groups (broad SMARTS) is 1. The van der Waals surface area contributed by atoms with Gasteiger partial charge in [0, 0.05) is 23.2 Å². The van der Waals surface area contributed by atoms with Crippen molar-refractivity contribution in [2.45, 2.75) is 13.3 Å². The Balaban J connectivity index is 1.63. The van der Waals surface area contributed by atoms with Crippen LogP contribution in [-0.4, -0.2) is 17.0 Å². The number of hydrogen-bond donors (Lipinski definition) is 2. The molecule has 1 amide bonds. The van der Waals surface area contributed by atoms with Gasteiger partial charge >= 0.3 is 11.6 Å². The van der Waals surface area contributed by atoms with Gasteiger partial charge in [0.2, 0.25) is 5.91 Å². The van der Waals surface area contributed by atoms with E-state index in [4.69, 9.17) is 4.42 Å². The molecule has 1 fully saturated rings. The SMILES string of the molecule is Cc1cc(=O)oc2cc(NC(=O)[C@@H]3[C@@H](C(=O)O)[C@H]4C=C[C@H]3C4)ccc12. The van der Waals surface area contributed by atoms with Gasteiger partial charge in [-0.2, -0.15) is 0 Å². The van der Waals surface area contributed by atoms with Crippen molar-refractivity contribution in [1.82, 2.24) is 0 Å². The van der Waals surface area contributed by atoms with Crippen LogP contribution in [0.15, 0.2) is 45.6 Å². The van der Waals surface area contributed by atoms with E-state index in [1.54, 1.807) is 18.2 Å². The summed E-state index contributed by atoms with van der Waals surface area (Å²) >= 11 is 0. The molecule has 25 heavy (non-hydrogen) atoms. The van der Waals surface area contributed by atoms with Crippen LogP contribution in [0.1, 0.15) is 12.0 Å². The maximum Gasteiger partial charge on any atom is 0.336 e. The lowest BCUT2D eigenvalue weighted by molar-refractivity contribution is -0.146. The molecule has 0 radical (unpaired) electrons. The number of anilines is 1. The topological polar surface area (TPSA) is 96.6 Å². The van der Waals surface area contributed by atoms with Crippen molar-refractivity contribution in [3.63, 3.8) is 0 Å². The Kier molecular flexibility index (Phi) is 3.49. The number of carbonyl (C=O) groups excluding carboxylic acids is 1. The van der Waals surface area contributed by atoms with Gasteiger partial charge in [-0.15, -0.1) is 0 Å². The summed E-state index contributed by atoms with van der Waals surface area (Å²) in [5.74, 6) is -2.61. The van der Waals surface area contributed by atoms with E-state index in [2.05, 4.69) is 5.32 Å². The molecular weight excluding hydrogens is 322 g/mol. The van der Waals surface area contributed by atoms with Gasteiger partial charge in [0.15, 0.2) is 0 Å². The molecule has 2 bridgehead atoms. The molecule has 1 aromatic carbocycles. The Labute approximate surface area is 143 Å². The first-order valence-electron chi connectivity index (χ1n) is 8.20. The Bertz CT molecular complexity index is 973. The molecule has 1 heterocycles. The van der Waals surface area contributed by atoms with E-state index >= 15 is 0 Å². The zero-order chi connectivity index (χ0) is 17.7. The molecule has 0 spiro atoms. The van der Waals surface area contributed by atoms with Crippen molar-refractivity contribution in [2.24, 2.45) is 23.7 Å². The standard InChI is InChI=1S/C19H17NO5/c1-9-6-15(21)25-14-8-12(4-5-13(9)14)20-18(22)16-10-2-3-11(7-10)17(16)19(23)24/h2-6,8,10-11,16-17H,7H2,1H3,(H,20,22)(H,23,24)/t10-,11-,16-,17-/m0/s1. The summed E-state index contributed by atoms with van der Waals surface area (Å²) in [5, 5.41) is 13.0. The number of aliphatic carboxylic acids is 1. The highest BCUT2D eigenvalue weighted by Gasteiger charge is 2.51. The van der Waals surface area contributed by atoms with Gasteiger partial charge in [-0.05, 0) is 42.9 Å². The molecule has 1 aromatic heterocycles. The number of allylic oxidation sites excluding steroid dienone is 2. The van der Waals surface area contributed by atoms with Crippen LogP contribution >= 0.6 is 0 Å². The molecule has 6 heteroatoms. The fourth-order valence-corrected chi connectivity index (χ4v) is 4.14. The van der Waals surface area contributed by atoms with Gasteiger partial charge in [-0.3, -0.25) is 9.59 Å². The first-order chi connectivity index (χ1) is 11.9. The summed E-state index contributed by atoms with van der Waals surface area (Å²) in [6.07, 6.45) is 4.55. The highest BCUT2D eigenvalue weighted by Crippen LogP contribution is 2.48. The lowest BCUT2D eigenvalue weighted by Gasteiger charge is -2.23. The second-order valence-electron chi connectivity index (χ2n) is 6.79. The van der Waals surface area contributed by atoms with Crippen LogP contribution in [0, 0.1) is 30.6 Å². The summed E-state index contributed by atoms with van der Waals surface area (Å²) in [6.45, 7) is 1.82. The van der Waals surface area contributed by atoms with Crippen LogP contribution in [0.4, 0.5) is 5.69 Å². The smallest absolute Gasteiger partial charge is 0.336 e. The summed E-state index contributed by atoms with van der Waals surface area (Å²) in [6, 6.07) is 6.52. The highest BCUT2D eigenvalue weighted by atomic mass is 16.4. The number of aryl methyl sites for hydroxylation is 1. The van der Waals surface area contributed by atoms with Crippen molar-refractivity contribution in [2.75, 3.05) is 5.32 Å². The van der Waals surface area contributed by atoms with Crippen LogP contribution in [0.25, 0.3) is 11.0 Å². The van der Waals surface area contributed by atoms with Crippen LogP contribution < -0.4 is 10.9 Å². The maximum atomic E-state index is 12.7. The Hall–Kier alpha value is -2.89. The zero-order valence-corrected chi connectivity index (χ0v) is 13.6. The Morgan fingerprint density at radius 2 is 1.88 bits per heavy atom. The largest absolute Gasteiger partial charge is 0.481 e. The zero-order valence-electron chi connectivity index (χ0n) is 13.6. The third-order valence-electron chi connectivity index (χ3n) is 5.27. The van der Waals surface area contributed by atoms with Crippen molar-refractivity contribution in [3.05, 3.63) is 52.4 Å². The van der Waals surface area contributed by atoms with E-state index in [9.17, 15) is 19.5 Å². The summed E-state index contributed by atoms with van der Waals surface area (Å²) in [7, 11) is 0. The van der Waals surface area contributed by atoms with Gasteiger partial charge in [0.05, 0.1) is 11.8 Å². The monoisotopic (exact) mass is 339 g/mol. The molecule has 4 rings (SSSR count). The Morgan fingerprint density at radius 1 is 1.16 bits per heavy atom. The van der Waals surface area contributed by atoms with Crippen LogP contribution in [0.5, 0.6) is 0 Å². The minimum atomic E-state index is -0.933. The molecular formula is C19H17NO5. The van der Waals surface area contributed by atoms with Crippen molar-refractivity contribution in [3.8, 4) is 0 Å². The number of nitrogens with one attached hydrogen (secondary N) is 1. The molecule has 1 saturated carbocycles. The summed E-state index contributed by atoms with van der Waals surface area (Å²) < 4.78 is 5.19. The number of carboxylic acids is 1. The lowest BCUT2D eigenvalue weighted by atomic mass is 9.82. The molecule has 2 aliphatic carbocycles. The number of hydrogen-bond acceptors (Lipinski definition) is 4. The predicted octanol–water partition coefficient (Wildman–Crippen LogP) is 2.56. The lowest BCUT2D eigenvalue weighted by Crippen LogP contribution is -2.36. The number of rotatable bonds is 3. The summed E-state index contributed by atoms with van der Waals surface area (Å²) in [4.78, 5) is 35.8. The van der Waals surface area contributed by atoms with Gasteiger partial charge in [0.1, 0.15) is 5.58 Å².